The summed E-state index contributed by atoms with van der Waals surface area (Å²) in [6, 6.07) is 15.7. The zero-order chi connectivity index (χ0) is 13.9. The summed E-state index contributed by atoms with van der Waals surface area (Å²) in [7, 11) is 0. The molecular formula is C15H10BrN3O. The molecule has 20 heavy (non-hydrogen) atoms. The molecule has 3 rings (SSSR count). The predicted octanol–water partition coefficient (Wildman–Crippen LogP) is 3.87. The molecule has 0 saturated heterocycles. The number of benzene rings is 2. The number of nitrogens with zero attached hydrogens (tertiary/aromatic N) is 3. The largest absolute Gasteiger partial charge is 0.411 e. The number of rotatable bonds is 2. The smallest absolute Gasteiger partial charge is 0.175 e. The van der Waals surface area contributed by atoms with E-state index in [1.807, 2.05) is 48.5 Å². The van der Waals surface area contributed by atoms with E-state index in [1.54, 1.807) is 0 Å². The van der Waals surface area contributed by atoms with Gasteiger partial charge in [-0.2, -0.15) is 0 Å². The average molecular weight is 328 g/mol. The van der Waals surface area contributed by atoms with Crippen molar-refractivity contribution in [1.82, 2.24) is 9.97 Å². The van der Waals surface area contributed by atoms with Crippen LogP contribution in [0.25, 0.3) is 22.2 Å². The predicted molar refractivity (Wildman–Crippen MR) is 82.1 cm³/mol. The highest BCUT2D eigenvalue weighted by atomic mass is 79.9. The number of halogens is 1. The molecule has 0 saturated carbocycles. The first-order valence-corrected chi connectivity index (χ1v) is 6.77. The van der Waals surface area contributed by atoms with Gasteiger partial charge in [-0.25, -0.2) is 9.97 Å². The highest BCUT2D eigenvalue weighted by Crippen LogP contribution is 2.28. The van der Waals surface area contributed by atoms with Gasteiger partial charge < -0.3 is 5.21 Å². The quantitative estimate of drug-likeness (QED) is 0.441. The summed E-state index contributed by atoms with van der Waals surface area (Å²) in [4.78, 5) is 8.81. The average Bonchev–Trinajstić information content (AvgIpc) is 2.48. The molecule has 4 nitrogen and oxygen atoms in total. The van der Waals surface area contributed by atoms with Crippen LogP contribution in [0.4, 0.5) is 0 Å². The molecule has 1 aromatic heterocycles. The Balaban J connectivity index is 2.34. The maximum Gasteiger partial charge on any atom is 0.175 e. The summed E-state index contributed by atoms with van der Waals surface area (Å²) >= 11 is 3.47. The first-order valence-electron chi connectivity index (χ1n) is 5.98. The summed E-state index contributed by atoms with van der Waals surface area (Å²) in [5.41, 5.74) is 2.61. The fourth-order valence-corrected chi connectivity index (χ4v) is 2.41. The van der Waals surface area contributed by atoms with Crippen LogP contribution in [0.5, 0.6) is 0 Å². The van der Waals surface area contributed by atoms with Crippen LogP contribution in [0.15, 0.2) is 58.2 Å². The third-order valence-electron chi connectivity index (χ3n) is 2.90. The Bertz CT molecular complexity index is 788. The van der Waals surface area contributed by atoms with Gasteiger partial charge in [0.15, 0.2) is 5.82 Å². The van der Waals surface area contributed by atoms with Crippen LogP contribution in [0.2, 0.25) is 0 Å². The molecule has 2 aromatic carbocycles. The van der Waals surface area contributed by atoms with E-state index in [4.69, 9.17) is 5.21 Å². The van der Waals surface area contributed by atoms with Crippen molar-refractivity contribution in [2.45, 2.75) is 0 Å². The lowest BCUT2D eigenvalue weighted by Crippen LogP contribution is -1.97. The zero-order valence-electron chi connectivity index (χ0n) is 10.4. The van der Waals surface area contributed by atoms with Crippen LogP contribution in [0, 0.1) is 0 Å². The fourth-order valence-electron chi connectivity index (χ4n) is 2.04. The molecular weight excluding hydrogens is 318 g/mol. The molecule has 0 aliphatic rings. The Morgan fingerprint density at radius 2 is 1.85 bits per heavy atom. The van der Waals surface area contributed by atoms with Gasteiger partial charge in [0.2, 0.25) is 0 Å². The highest BCUT2D eigenvalue weighted by Gasteiger charge is 2.09. The molecule has 0 atom stereocenters. The Kier molecular flexibility index (Phi) is 3.43. The van der Waals surface area contributed by atoms with Crippen LogP contribution < -0.4 is 0 Å². The van der Waals surface area contributed by atoms with E-state index >= 15 is 0 Å². The first-order chi connectivity index (χ1) is 9.78. The fraction of sp³-hybridized carbons (Fsp3) is 0. The summed E-state index contributed by atoms with van der Waals surface area (Å²) in [5, 5.41) is 12.6. The number of hydrogen-bond acceptors (Lipinski definition) is 4. The lowest BCUT2D eigenvalue weighted by Gasteiger charge is -2.07. The van der Waals surface area contributed by atoms with Crippen molar-refractivity contribution in [2.75, 3.05) is 0 Å². The van der Waals surface area contributed by atoms with E-state index in [-0.39, 0.29) is 0 Å². The highest BCUT2D eigenvalue weighted by molar-refractivity contribution is 9.10. The summed E-state index contributed by atoms with van der Waals surface area (Å²) < 4.78 is 0.967. The molecule has 0 spiro atoms. The number of fused-ring (bicyclic) bond motifs is 1. The Morgan fingerprint density at radius 3 is 2.60 bits per heavy atom. The van der Waals surface area contributed by atoms with Crippen LogP contribution in [-0.4, -0.2) is 21.4 Å². The Labute approximate surface area is 123 Å². The maximum atomic E-state index is 8.68. The lowest BCUT2D eigenvalue weighted by molar-refractivity contribution is 0.321. The molecule has 0 aliphatic heterocycles. The molecule has 98 valence electrons. The molecule has 5 heteroatoms. The monoisotopic (exact) mass is 327 g/mol. The molecule has 0 radical (unpaired) electrons. The van der Waals surface area contributed by atoms with E-state index in [2.05, 4.69) is 31.1 Å². The normalized spacial score (nSPS) is 11.2. The van der Waals surface area contributed by atoms with Crippen LogP contribution in [0.3, 0.4) is 0 Å². The van der Waals surface area contributed by atoms with Crippen molar-refractivity contribution in [1.29, 1.82) is 0 Å². The summed E-state index contributed by atoms with van der Waals surface area (Å²) in [6.07, 6.45) is 1.23. The second-order valence-electron chi connectivity index (χ2n) is 4.20. The number of oxime groups is 1. The summed E-state index contributed by atoms with van der Waals surface area (Å²) in [6.45, 7) is 0. The third kappa shape index (κ3) is 2.40. The third-order valence-corrected chi connectivity index (χ3v) is 3.39. The maximum absolute atomic E-state index is 8.68. The van der Waals surface area contributed by atoms with Crippen molar-refractivity contribution >= 4 is 33.0 Å². The van der Waals surface area contributed by atoms with Gasteiger partial charge in [0.1, 0.15) is 6.21 Å². The van der Waals surface area contributed by atoms with E-state index in [0.717, 1.165) is 26.6 Å². The molecule has 1 heterocycles. The van der Waals surface area contributed by atoms with E-state index < -0.39 is 0 Å². The molecule has 1 N–H and O–H groups in total. The summed E-state index contributed by atoms with van der Waals surface area (Å²) in [5.74, 6) is 0.376. The minimum atomic E-state index is 0.376. The second-order valence-corrected chi connectivity index (χ2v) is 5.12. The van der Waals surface area contributed by atoms with Gasteiger partial charge in [0.25, 0.3) is 0 Å². The van der Waals surface area contributed by atoms with Crippen molar-refractivity contribution < 1.29 is 5.21 Å². The van der Waals surface area contributed by atoms with Crippen LogP contribution in [0.1, 0.15) is 5.82 Å². The minimum absolute atomic E-state index is 0.376. The van der Waals surface area contributed by atoms with Gasteiger partial charge in [-0.05, 0) is 18.2 Å². The van der Waals surface area contributed by atoms with Gasteiger partial charge >= 0.3 is 0 Å². The number of hydrogen-bond donors (Lipinski definition) is 1. The van der Waals surface area contributed by atoms with Gasteiger partial charge in [0, 0.05) is 15.4 Å². The Morgan fingerprint density at radius 1 is 1.05 bits per heavy atom. The number of aromatic nitrogens is 2. The van der Waals surface area contributed by atoms with E-state index in [1.165, 1.54) is 6.21 Å². The van der Waals surface area contributed by atoms with Crippen LogP contribution >= 0.6 is 15.9 Å². The van der Waals surface area contributed by atoms with Crippen molar-refractivity contribution in [3.63, 3.8) is 0 Å². The van der Waals surface area contributed by atoms with Crippen LogP contribution in [-0.2, 0) is 0 Å². The first kappa shape index (κ1) is 12.7. The molecule has 0 fully saturated rings. The van der Waals surface area contributed by atoms with Gasteiger partial charge in [-0.1, -0.05) is 51.4 Å². The van der Waals surface area contributed by atoms with Crippen molar-refractivity contribution in [3.05, 3.63) is 58.8 Å². The van der Waals surface area contributed by atoms with E-state index in [9.17, 15) is 0 Å². The molecule has 0 bridgehead atoms. The van der Waals surface area contributed by atoms with Crippen molar-refractivity contribution in [3.8, 4) is 11.3 Å². The SMILES string of the molecule is O/N=C/c1nc(-c2ccccc2)c2cc(Br)ccc2n1. The van der Waals surface area contributed by atoms with Gasteiger partial charge in [-0.3, -0.25) is 0 Å². The lowest BCUT2D eigenvalue weighted by atomic mass is 10.1. The zero-order valence-corrected chi connectivity index (χ0v) is 11.9. The van der Waals surface area contributed by atoms with Crippen molar-refractivity contribution in [2.24, 2.45) is 5.16 Å². The molecule has 0 amide bonds. The minimum Gasteiger partial charge on any atom is -0.411 e. The molecule has 3 aromatic rings. The Hall–Kier alpha value is -2.27. The van der Waals surface area contributed by atoms with Gasteiger partial charge in [-0.15, -0.1) is 0 Å². The van der Waals surface area contributed by atoms with E-state index in [0.29, 0.717) is 5.82 Å². The van der Waals surface area contributed by atoms with Gasteiger partial charge in [0.05, 0.1) is 11.2 Å². The molecule has 0 unspecified atom stereocenters. The molecule has 0 aliphatic carbocycles. The second kappa shape index (κ2) is 5.38. The standard InChI is InChI=1S/C15H10BrN3O/c16-11-6-7-13-12(8-11)15(10-4-2-1-3-5-10)19-14(18-13)9-17-20/h1-9,20H/b17-9+. The topological polar surface area (TPSA) is 58.4 Å².